The van der Waals surface area contributed by atoms with Crippen molar-refractivity contribution < 1.29 is 9.48 Å². The van der Waals surface area contributed by atoms with Crippen LogP contribution in [0.25, 0.3) is 10.8 Å². The summed E-state index contributed by atoms with van der Waals surface area (Å²) in [6.07, 6.45) is 5.90. The number of carbonyl (C=O) groups excluding carboxylic acids is 1. The molecule has 3 heteroatoms. The lowest BCUT2D eigenvalue weighted by Gasteiger charge is -2.16. The number of hydrogen-bond acceptors (Lipinski definition) is 1. The van der Waals surface area contributed by atoms with Gasteiger partial charge in [0.1, 0.15) is 5.92 Å². The molecule has 0 radical (unpaired) electrons. The number of benzene rings is 2. The van der Waals surface area contributed by atoms with Crippen LogP contribution in [0.1, 0.15) is 38.7 Å². The molecule has 0 spiro atoms. The van der Waals surface area contributed by atoms with Gasteiger partial charge in [0, 0.05) is 11.5 Å². The topological polar surface area (TPSA) is 32.1 Å². The van der Waals surface area contributed by atoms with E-state index in [1.54, 1.807) is 0 Å². The van der Waals surface area contributed by atoms with Crippen LogP contribution in [-0.2, 0) is 4.79 Å². The van der Waals surface area contributed by atoms with Crippen LogP contribution in [0.5, 0.6) is 0 Å². The van der Waals surface area contributed by atoms with Crippen LogP contribution in [0.3, 0.4) is 0 Å². The summed E-state index contributed by atoms with van der Waals surface area (Å²) < 4.78 is 2.11. The fourth-order valence-corrected chi connectivity index (χ4v) is 4.94. The van der Waals surface area contributed by atoms with Gasteiger partial charge in [-0.05, 0) is 42.0 Å². The molecule has 1 aliphatic heterocycles. The molecular formula is C21H25N2O+. The molecule has 0 aromatic heterocycles. The summed E-state index contributed by atoms with van der Waals surface area (Å²) in [5, 5.41) is 2.48. The Bertz CT molecular complexity index is 805. The quantitative estimate of drug-likeness (QED) is 0.797. The molecule has 24 heavy (non-hydrogen) atoms. The van der Waals surface area contributed by atoms with Crippen molar-refractivity contribution in [2.24, 2.45) is 17.8 Å². The van der Waals surface area contributed by atoms with Crippen LogP contribution in [0.15, 0.2) is 42.5 Å². The molecule has 3 nitrogen and oxygen atoms in total. The highest BCUT2D eigenvalue weighted by atomic mass is 16.2. The molecule has 2 aliphatic carbocycles. The second-order valence-corrected chi connectivity index (χ2v) is 6.93. The lowest BCUT2D eigenvalue weighted by molar-refractivity contribution is -0.598. The second-order valence-electron chi connectivity index (χ2n) is 6.93. The molecule has 2 unspecified atom stereocenters. The SMILES string of the molecule is CC.O=C1N/[N+](=C\c2cccc3ccccc23)C2C1[C@@H]1CC[C@@H]2C1. The molecule has 2 aromatic rings. The number of fused-ring (bicyclic) bond motifs is 6. The standard InChI is InChI=1S/C19H18N2O.C2H6/c22-19-17-13-8-9-14(10-13)18(17)21(20-19)11-15-6-3-5-12-4-1-2-7-16(12)15;1-2/h1-7,11,13-14,17-18H,8-10H2;1-2H3/p+1/b21-11-;/t13-,14-,17?,18?;/m1./s1. The van der Waals surface area contributed by atoms with Crippen LogP contribution in [-0.4, -0.2) is 22.8 Å². The Morgan fingerprint density at radius 3 is 2.67 bits per heavy atom. The van der Waals surface area contributed by atoms with Crippen LogP contribution in [0.2, 0.25) is 0 Å². The average molecular weight is 321 g/mol. The van der Waals surface area contributed by atoms with Crippen LogP contribution in [0.4, 0.5) is 0 Å². The molecule has 1 N–H and O–H groups in total. The van der Waals surface area contributed by atoms with Crippen molar-refractivity contribution in [1.29, 1.82) is 0 Å². The summed E-state index contributed by atoms with van der Waals surface area (Å²) in [7, 11) is 0. The van der Waals surface area contributed by atoms with Crippen molar-refractivity contribution in [3.8, 4) is 0 Å². The number of rotatable bonds is 1. The van der Waals surface area contributed by atoms with Gasteiger partial charge in [-0.15, -0.1) is 10.1 Å². The number of nitrogens with zero attached hydrogens (tertiary/aromatic N) is 1. The first kappa shape index (κ1) is 15.4. The van der Waals surface area contributed by atoms with Crippen molar-refractivity contribution in [3.63, 3.8) is 0 Å². The molecule has 2 saturated carbocycles. The van der Waals surface area contributed by atoms with Gasteiger partial charge < -0.3 is 0 Å². The molecule has 3 fully saturated rings. The largest absolute Gasteiger partial charge is 0.284 e. The summed E-state index contributed by atoms with van der Waals surface area (Å²) in [6.45, 7) is 4.00. The van der Waals surface area contributed by atoms with E-state index in [4.69, 9.17) is 0 Å². The van der Waals surface area contributed by atoms with E-state index < -0.39 is 0 Å². The van der Waals surface area contributed by atoms with E-state index in [2.05, 4.69) is 58.8 Å². The Labute approximate surface area is 143 Å². The Balaban J connectivity index is 0.000000704. The first-order valence-corrected chi connectivity index (χ1v) is 9.23. The highest BCUT2D eigenvalue weighted by Gasteiger charge is 2.61. The van der Waals surface area contributed by atoms with Crippen molar-refractivity contribution in [1.82, 2.24) is 5.43 Å². The summed E-state index contributed by atoms with van der Waals surface area (Å²) in [6, 6.07) is 15.1. The molecule has 2 aromatic carbocycles. The van der Waals surface area contributed by atoms with Gasteiger partial charge in [-0.3, -0.25) is 4.79 Å². The number of nitrogens with one attached hydrogen (secondary N) is 1. The monoisotopic (exact) mass is 321 g/mol. The highest BCUT2D eigenvalue weighted by Crippen LogP contribution is 2.51. The molecular weight excluding hydrogens is 296 g/mol. The molecule has 1 saturated heterocycles. The summed E-state index contributed by atoms with van der Waals surface area (Å²) in [4.78, 5) is 12.3. The van der Waals surface area contributed by atoms with Crippen molar-refractivity contribution in [2.75, 3.05) is 0 Å². The van der Waals surface area contributed by atoms with Gasteiger partial charge in [0.15, 0.2) is 6.04 Å². The molecule has 2 bridgehead atoms. The minimum atomic E-state index is 0.213. The molecule has 4 atom stereocenters. The third kappa shape index (κ3) is 2.26. The van der Waals surface area contributed by atoms with Gasteiger partial charge in [-0.25, -0.2) is 0 Å². The zero-order valence-corrected chi connectivity index (χ0v) is 14.4. The normalized spacial score (nSPS) is 31.8. The third-order valence-electron chi connectivity index (χ3n) is 5.84. The van der Waals surface area contributed by atoms with Gasteiger partial charge >= 0.3 is 0 Å². The second kappa shape index (κ2) is 6.04. The molecule has 3 aliphatic rings. The van der Waals surface area contributed by atoms with E-state index in [1.807, 2.05) is 13.8 Å². The van der Waals surface area contributed by atoms with Gasteiger partial charge in [-0.1, -0.05) is 50.2 Å². The van der Waals surface area contributed by atoms with E-state index in [1.165, 1.54) is 35.6 Å². The summed E-state index contributed by atoms with van der Waals surface area (Å²) in [5.41, 5.74) is 4.29. The number of amides is 1. The number of hydrazone groups is 1. The average Bonchev–Trinajstić information content (AvgIpc) is 3.32. The van der Waals surface area contributed by atoms with E-state index in [9.17, 15) is 4.79 Å². The third-order valence-corrected chi connectivity index (χ3v) is 5.84. The van der Waals surface area contributed by atoms with Crippen molar-refractivity contribution in [3.05, 3.63) is 48.0 Å². The lowest BCUT2D eigenvalue weighted by Crippen LogP contribution is -2.34. The minimum Gasteiger partial charge on any atom is -0.269 e. The van der Waals surface area contributed by atoms with Gasteiger partial charge in [-0.2, -0.15) is 0 Å². The highest BCUT2D eigenvalue weighted by molar-refractivity contribution is 5.98. The Morgan fingerprint density at radius 2 is 1.79 bits per heavy atom. The van der Waals surface area contributed by atoms with E-state index in [-0.39, 0.29) is 11.8 Å². The van der Waals surface area contributed by atoms with E-state index in [0.717, 1.165) is 0 Å². The maximum absolute atomic E-state index is 12.3. The van der Waals surface area contributed by atoms with E-state index >= 15 is 0 Å². The first-order chi connectivity index (χ1) is 11.8. The van der Waals surface area contributed by atoms with Crippen molar-refractivity contribution >= 4 is 22.9 Å². The molecule has 124 valence electrons. The summed E-state index contributed by atoms with van der Waals surface area (Å²) >= 11 is 0. The fourth-order valence-electron chi connectivity index (χ4n) is 4.94. The number of hydrogen-bond donors (Lipinski definition) is 1. The van der Waals surface area contributed by atoms with Gasteiger partial charge in [0.2, 0.25) is 6.21 Å². The minimum absolute atomic E-state index is 0.213. The predicted molar refractivity (Wildman–Crippen MR) is 97.0 cm³/mol. The Morgan fingerprint density at radius 1 is 1.04 bits per heavy atom. The molecule has 1 heterocycles. The Kier molecular flexibility index (Phi) is 3.87. The zero-order valence-electron chi connectivity index (χ0n) is 14.4. The van der Waals surface area contributed by atoms with E-state index in [0.29, 0.717) is 17.9 Å². The van der Waals surface area contributed by atoms with Crippen LogP contribution in [0, 0.1) is 17.8 Å². The van der Waals surface area contributed by atoms with Gasteiger partial charge in [0.25, 0.3) is 5.91 Å². The van der Waals surface area contributed by atoms with Crippen molar-refractivity contribution in [2.45, 2.75) is 39.2 Å². The first-order valence-electron chi connectivity index (χ1n) is 9.23. The maximum Gasteiger partial charge on any atom is 0.284 e. The number of carbonyl (C=O) groups is 1. The fraction of sp³-hybridized carbons (Fsp3) is 0.429. The molecule has 1 amide bonds. The maximum atomic E-state index is 12.3. The zero-order chi connectivity index (χ0) is 16.7. The summed E-state index contributed by atoms with van der Waals surface area (Å²) in [5.74, 6) is 1.74. The predicted octanol–water partition coefficient (Wildman–Crippen LogP) is 3.76. The number of hydrazine groups is 1. The Hall–Kier alpha value is -2.16. The van der Waals surface area contributed by atoms with Crippen LogP contribution < -0.4 is 5.43 Å². The lowest BCUT2D eigenvalue weighted by atomic mass is 9.85. The van der Waals surface area contributed by atoms with Crippen LogP contribution >= 0.6 is 0 Å². The van der Waals surface area contributed by atoms with Gasteiger partial charge in [0.05, 0.1) is 0 Å². The smallest absolute Gasteiger partial charge is 0.269 e. The molecule has 5 rings (SSSR count).